The normalized spacial score (nSPS) is 18.4. The Balaban J connectivity index is 0.000000231. The third kappa shape index (κ3) is 17.8. The van der Waals surface area contributed by atoms with Gasteiger partial charge in [0.15, 0.2) is 0 Å². The first kappa shape index (κ1) is 47.6. The monoisotopic (exact) mass is 819 g/mol. The number of rotatable bonds is 19. The summed E-state index contributed by atoms with van der Waals surface area (Å²) in [6.07, 6.45) is 27.5. The van der Waals surface area contributed by atoms with Gasteiger partial charge in [-0.2, -0.15) is 0 Å². The van der Waals surface area contributed by atoms with Gasteiger partial charge in [0.1, 0.15) is 11.5 Å². The molecule has 4 aromatic carbocycles. The Bertz CT molecular complexity index is 1870. The van der Waals surface area contributed by atoms with Crippen molar-refractivity contribution in [2.45, 2.75) is 163 Å². The maximum absolute atomic E-state index is 5.82. The highest BCUT2D eigenvalue weighted by Gasteiger charge is 2.20. The van der Waals surface area contributed by atoms with Gasteiger partial charge < -0.3 is 9.47 Å². The van der Waals surface area contributed by atoms with E-state index in [9.17, 15) is 0 Å². The maximum atomic E-state index is 5.82. The smallest absolute Gasteiger partial charge is 0.119 e. The summed E-state index contributed by atoms with van der Waals surface area (Å²) in [7, 11) is 0. The Hall–Kier alpha value is -4.40. The molecular formula is C59H78O2. The van der Waals surface area contributed by atoms with Crippen molar-refractivity contribution in [2.75, 3.05) is 13.2 Å². The predicted octanol–water partition coefficient (Wildman–Crippen LogP) is 16.9. The topological polar surface area (TPSA) is 18.5 Å². The number of hydrogen-bond acceptors (Lipinski definition) is 2. The van der Waals surface area contributed by atoms with Crippen molar-refractivity contribution in [1.82, 2.24) is 0 Å². The van der Waals surface area contributed by atoms with Crippen molar-refractivity contribution in [3.05, 3.63) is 108 Å². The lowest BCUT2D eigenvalue weighted by Gasteiger charge is -2.25. The van der Waals surface area contributed by atoms with Gasteiger partial charge in [-0.15, -0.1) is 0 Å². The van der Waals surface area contributed by atoms with Gasteiger partial charge in [0.25, 0.3) is 0 Å². The lowest BCUT2D eigenvalue weighted by molar-refractivity contribution is 0.294. The molecule has 2 saturated carbocycles. The molecule has 0 radical (unpaired) electrons. The van der Waals surface area contributed by atoms with Crippen LogP contribution in [0.2, 0.25) is 0 Å². The van der Waals surface area contributed by atoms with Crippen LogP contribution in [0.15, 0.2) is 97.1 Å². The van der Waals surface area contributed by atoms with Crippen LogP contribution in [0.5, 0.6) is 11.5 Å². The Kier molecular flexibility index (Phi) is 22.1. The van der Waals surface area contributed by atoms with Crippen molar-refractivity contribution < 1.29 is 9.47 Å². The summed E-state index contributed by atoms with van der Waals surface area (Å²) in [6.45, 7) is 10.6. The van der Waals surface area contributed by atoms with Gasteiger partial charge in [0.05, 0.1) is 13.2 Å². The zero-order valence-electron chi connectivity index (χ0n) is 38.6. The first-order valence-corrected chi connectivity index (χ1v) is 24.8. The molecule has 2 aliphatic rings. The molecule has 0 unspecified atom stereocenters. The van der Waals surface area contributed by atoms with Crippen molar-refractivity contribution >= 4 is 0 Å². The average molecular weight is 819 g/mol. The molecule has 0 aliphatic heterocycles. The van der Waals surface area contributed by atoms with Gasteiger partial charge in [0.2, 0.25) is 0 Å². The molecule has 0 amide bonds. The van der Waals surface area contributed by atoms with Crippen molar-refractivity contribution in [2.24, 2.45) is 23.7 Å². The van der Waals surface area contributed by atoms with E-state index in [-0.39, 0.29) is 0 Å². The number of benzene rings is 4. The lowest BCUT2D eigenvalue weighted by atomic mass is 9.80. The van der Waals surface area contributed by atoms with Gasteiger partial charge in [-0.25, -0.2) is 0 Å². The minimum atomic E-state index is 0.590. The highest BCUT2D eigenvalue weighted by atomic mass is 16.5. The van der Waals surface area contributed by atoms with E-state index in [0.717, 1.165) is 60.5 Å². The summed E-state index contributed by atoms with van der Waals surface area (Å²) < 4.78 is 11.6. The van der Waals surface area contributed by atoms with Crippen molar-refractivity contribution in [1.29, 1.82) is 0 Å². The van der Waals surface area contributed by atoms with Crippen molar-refractivity contribution in [3.63, 3.8) is 0 Å². The van der Waals surface area contributed by atoms with E-state index in [2.05, 4.69) is 148 Å². The summed E-state index contributed by atoms with van der Waals surface area (Å²) in [4.78, 5) is 0. The fourth-order valence-corrected chi connectivity index (χ4v) is 8.80. The molecule has 0 bridgehead atoms. The van der Waals surface area contributed by atoms with Gasteiger partial charge in [-0.05, 0) is 147 Å². The van der Waals surface area contributed by atoms with Crippen LogP contribution in [0.3, 0.4) is 0 Å². The largest absolute Gasteiger partial charge is 0.494 e. The van der Waals surface area contributed by atoms with Gasteiger partial charge in [-0.3, -0.25) is 0 Å². The molecule has 2 aliphatic carbocycles. The minimum Gasteiger partial charge on any atom is -0.494 e. The van der Waals surface area contributed by atoms with E-state index >= 15 is 0 Å². The Morgan fingerprint density at radius 1 is 0.377 bits per heavy atom. The standard InChI is InChI=1S/C30H40O.C29H38O/c1-3-5-7-9-25-10-12-26(13-11-25)14-15-27-16-18-28(19-17-27)29-20-22-30(23-21-29)31-24-8-6-4-2;1-3-5-7-23-30-29-21-19-28(20-22-29)27-17-15-26(16-18-27)14-13-25-11-9-24(10-12-25)8-6-4-2/h16-23,25-26H,3-13,24H2,1-2H3;15-22,24-25H,3-12,23H2,1-2H3/t25-,26-;24-,25-. The van der Waals surface area contributed by atoms with Crippen LogP contribution >= 0.6 is 0 Å². The van der Waals surface area contributed by atoms with Crippen LogP contribution in [-0.2, 0) is 0 Å². The molecule has 6 rings (SSSR count). The maximum Gasteiger partial charge on any atom is 0.119 e. The quantitative estimate of drug-likeness (QED) is 0.0693. The van der Waals surface area contributed by atoms with Crippen LogP contribution in [0.25, 0.3) is 22.3 Å². The number of unbranched alkanes of at least 4 members (excludes halogenated alkanes) is 7. The minimum absolute atomic E-state index is 0.590. The Labute approximate surface area is 373 Å². The fourth-order valence-electron chi connectivity index (χ4n) is 8.80. The third-order valence-corrected chi connectivity index (χ3v) is 12.9. The van der Waals surface area contributed by atoms with E-state index in [1.165, 1.54) is 144 Å². The van der Waals surface area contributed by atoms with Gasteiger partial charge >= 0.3 is 0 Å². The Morgan fingerprint density at radius 3 is 1.07 bits per heavy atom. The Morgan fingerprint density at radius 2 is 0.705 bits per heavy atom. The van der Waals surface area contributed by atoms with Crippen molar-refractivity contribution in [3.8, 4) is 57.4 Å². The molecule has 0 heterocycles. The molecule has 0 N–H and O–H groups in total. The molecule has 4 aromatic rings. The summed E-state index contributed by atoms with van der Waals surface area (Å²) in [5.74, 6) is 19.0. The summed E-state index contributed by atoms with van der Waals surface area (Å²) in [5.41, 5.74) is 7.17. The summed E-state index contributed by atoms with van der Waals surface area (Å²) >= 11 is 0. The summed E-state index contributed by atoms with van der Waals surface area (Å²) in [6, 6.07) is 34.3. The first-order valence-electron chi connectivity index (χ1n) is 24.8. The molecule has 2 heteroatoms. The van der Waals surface area contributed by atoms with Crippen LogP contribution in [0.1, 0.15) is 174 Å². The highest BCUT2D eigenvalue weighted by molar-refractivity contribution is 5.66. The molecule has 61 heavy (non-hydrogen) atoms. The molecule has 2 fully saturated rings. The lowest BCUT2D eigenvalue weighted by Crippen LogP contribution is -2.13. The van der Waals surface area contributed by atoms with E-state index in [4.69, 9.17) is 9.47 Å². The van der Waals surface area contributed by atoms with E-state index in [1.54, 1.807) is 0 Å². The van der Waals surface area contributed by atoms with Crippen LogP contribution in [-0.4, -0.2) is 13.2 Å². The molecule has 0 spiro atoms. The average Bonchev–Trinajstić information content (AvgIpc) is 3.31. The zero-order chi connectivity index (χ0) is 42.7. The van der Waals surface area contributed by atoms with Gasteiger partial charge in [-0.1, -0.05) is 171 Å². The SMILES string of the molecule is CCCCCOc1ccc(-c2ccc(C#C[C@H]3CC[C@H](CCCC)CC3)cc2)cc1.CCCCCOc1ccc(-c2ccc(C#C[C@H]3CC[C@H](CCCCC)CC3)cc2)cc1. The second-order valence-electron chi connectivity index (χ2n) is 17.9. The highest BCUT2D eigenvalue weighted by Crippen LogP contribution is 2.33. The molecule has 326 valence electrons. The molecular weight excluding hydrogens is 741 g/mol. The predicted molar refractivity (Wildman–Crippen MR) is 262 cm³/mol. The summed E-state index contributed by atoms with van der Waals surface area (Å²) in [5, 5.41) is 0. The second kappa shape index (κ2) is 28.2. The molecule has 0 saturated heterocycles. The van der Waals surface area contributed by atoms with Crippen LogP contribution < -0.4 is 9.47 Å². The molecule has 2 nitrogen and oxygen atoms in total. The van der Waals surface area contributed by atoms with Gasteiger partial charge in [0, 0.05) is 23.0 Å². The number of hydrogen-bond donors (Lipinski definition) is 0. The fraction of sp³-hybridized carbons (Fsp3) is 0.525. The van der Waals surface area contributed by atoms with Crippen LogP contribution in [0, 0.1) is 47.4 Å². The molecule has 0 aromatic heterocycles. The second-order valence-corrected chi connectivity index (χ2v) is 17.9. The third-order valence-electron chi connectivity index (χ3n) is 12.9. The first-order chi connectivity index (χ1) is 30.1. The van der Waals surface area contributed by atoms with Crippen LogP contribution in [0.4, 0.5) is 0 Å². The van der Waals surface area contributed by atoms with E-state index in [0.29, 0.717) is 11.8 Å². The number of ether oxygens (including phenoxy) is 2. The van der Waals surface area contributed by atoms with E-state index < -0.39 is 0 Å². The molecule has 0 atom stereocenters. The zero-order valence-corrected chi connectivity index (χ0v) is 38.6. The van der Waals surface area contributed by atoms with E-state index in [1.807, 2.05) is 0 Å².